The van der Waals surface area contributed by atoms with Crippen molar-refractivity contribution in [2.75, 3.05) is 19.6 Å². The van der Waals surface area contributed by atoms with Crippen molar-refractivity contribution in [3.63, 3.8) is 0 Å². The quantitative estimate of drug-likeness (QED) is 0.744. The van der Waals surface area contributed by atoms with E-state index in [0.717, 1.165) is 44.2 Å². The maximum absolute atomic E-state index is 14.0. The maximum atomic E-state index is 14.0. The van der Waals surface area contributed by atoms with Crippen LogP contribution in [0.1, 0.15) is 44.7 Å². The lowest BCUT2D eigenvalue weighted by molar-refractivity contribution is 0.264. The molecule has 2 nitrogen and oxygen atoms in total. The fraction of sp³-hybridized carbons (Fsp3) is 0.667. The van der Waals surface area contributed by atoms with Crippen LogP contribution in [0.4, 0.5) is 4.39 Å². The van der Waals surface area contributed by atoms with Gasteiger partial charge in [-0.05, 0) is 49.4 Å². The molecule has 21 heavy (non-hydrogen) atoms. The van der Waals surface area contributed by atoms with Crippen molar-refractivity contribution in [2.24, 2.45) is 11.8 Å². The third-order valence-corrected chi connectivity index (χ3v) is 4.05. The Morgan fingerprint density at radius 3 is 2.71 bits per heavy atom. The molecule has 2 rings (SSSR count). The summed E-state index contributed by atoms with van der Waals surface area (Å²) in [6.45, 7) is 11.2. The molecule has 1 aliphatic carbocycles. The number of nitrogens with zero attached hydrogens (tertiary/aromatic N) is 1. The number of halogens is 1. The number of benzene rings is 1. The lowest BCUT2D eigenvalue weighted by Crippen LogP contribution is -2.26. The average Bonchev–Trinajstić information content (AvgIpc) is 3.25. The van der Waals surface area contributed by atoms with Crippen molar-refractivity contribution in [3.05, 3.63) is 35.1 Å². The molecule has 0 saturated heterocycles. The van der Waals surface area contributed by atoms with E-state index in [9.17, 15) is 4.39 Å². The Hall–Kier alpha value is -0.930. The molecule has 1 saturated carbocycles. The predicted molar refractivity (Wildman–Crippen MR) is 86.6 cm³/mol. The summed E-state index contributed by atoms with van der Waals surface area (Å²) in [7, 11) is 0. The van der Waals surface area contributed by atoms with Crippen LogP contribution in [0.25, 0.3) is 0 Å². The van der Waals surface area contributed by atoms with Gasteiger partial charge in [0.15, 0.2) is 0 Å². The third kappa shape index (κ3) is 5.76. The molecule has 0 heterocycles. The van der Waals surface area contributed by atoms with Gasteiger partial charge < -0.3 is 5.32 Å². The first-order chi connectivity index (χ1) is 10.1. The van der Waals surface area contributed by atoms with E-state index < -0.39 is 0 Å². The van der Waals surface area contributed by atoms with E-state index in [1.807, 2.05) is 12.1 Å². The molecule has 3 heteroatoms. The summed E-state index contributed by atoms with van der Waals surface area (Å²) in [4.78, 5) is 2.36. The molecule has 1 aromatic carbocycles. The van der Waals surface area contributed by atoms with Crippen molar-refractivity contribution in [1.29, 1.82) is 0 Å². The first kappa shape index (κ1) is 16.4. The summed E-state index contributed by atoms with van der Waals surface area (Å²) in [6, 6.07) is 5.54. The van der Waals surface area contributed by atoms with Crippen molar-refractivity contribution >= 4 is 0 Å². The zero-order valence-corrected chi connectivity index (χ0v) is 13.7. The van der Waals surface area contributed by atoms with Crippen LogP contribution in [-0.4, -0.2) is 24.5 Å². The minimum Gasteiger partial charge on any atom is -0.312 e. The van der Waals surface area contributed by atoms with E-state index in [4.69, 9.17) is 0 Å². The molecule has 0 aliphatic heterocycles. The summed E-state index contributed by atoms with van der Waals surface area (Å²) < 4.78 is 14.0. The number of rotatable bonds is 9. The van der Waals surface area contributed by atoms with Crippen LogP contribution in [0.15, 0.2) is 18.2 Å². The highest BCUT2D eigenvalue weighted by Crippen LogP contribution is 2.30. The molecule has 0 amide bonds. The average molecular weight is 292 g/mol. The van der Waals surface area contributed by atoms with Gasteiger partial charge in [-0.2, -0.15) is 0 Å². The first-order valence-corrected chi connectivity index (χ1v) is 8.28. The number of hydrogen-bond donors (Lipinski definition) is 1. The molecule has 1 fully saturated rings. The summed E-state index contributed by atoms with van der Waals surface area (Å²) >= 11 is 0. The fourth-order valence-electron chi connectivity index (χ4n) is 2.58. The van der Waals surface area contributed by atoms with Gasteiger partial charge in [-0.25, -0.2) is 4.39 Å². The van der Waals surface area contributed by atoms with Gasteiger partial charge in [-0.15, -0.1) is 0 Å². The smallest absolute Gasteiger partial charge is 0.127 e. The highest BCUT2D eigenvalue weighted by molar-refractivity contribution is 5.25. The second-order valence-corrected chi connectivity index (χ2v) is 6.72. The summed E-state index contributed by atoms with van der Waals surface area (Å²) in [6.07, 6.45) is 2.69. The maximum Gasteiger partial charge on any atom is 0.127 e. The van der Waals surface area contributed by atoms with Crippen LogP contribution in [0, 0.1) is 17.7 Å². The Morgan fingerprint density at radius 2 is 2.10 bits per heavy atom. The zero-order valence-electron chi connectivity index (χ0n) is 13.7. The summed E-state index contributed by atoms with van der Waals surface area (Å²) in [5.41, 5.74) is 2.01. The lowest BCUT2D eigenvalue weighted by Gasteiger charge is -2.21. The van der Waals surface area contributed by atoms with Gasteiger partial charge in [0.25, 0.3) is 0 Å². The Bertz CT molecular complexity index is 441. The largest absolute Gasteiger partial charge is 0.312 e. The van der Waals surface area contributed by atoms with E-state index in [0.29, 0.717) is 5.92 Å². The van der Waals surface area contributed by atoms with Gasteiger partial charge in [0.05, 0.1) is 0 Å². The van der Waals surface area contributed by atoms with Gasteiger partial charge in [-0.3, -0.25) is 4.90 Å². The van der Waals surface area contributed by atoms with Crippen molar-refractivity contribution in [1.82, 2.24) is 10.2 Å². The van der Waals surface area contributed by atoms with Crippen LogP contribution < -0.4 is 5.32 Å². The third-order valence-electron chi connectivity index (χ3n) is 4.05. The normalized spacial score (nSPS) is 15.1. The van der Waals surface area contributed by atoms with Gasteiger partial charge in [0.2, 0.25) is 0 Å². The predicted octanol–water partition coefficient (Wildman–Crippen LogP) is 3.80. The van der Waals surface area contributed by atoms with Crippen LogP contribution in [-0.2, 0) is 13.1 Å². The standard InChI is InChI=1S/C18H29FN2/c1-4-21(12-15-5-6-15)13-17-9-16(7-8-18(17)19)11-20-10-14(2)3/h7-9,14-15,20H,4-6,10-13H2,1-3H3. The highest BCUT2D eigenvalue weighted by atomic mass is 19.1. The molecule has 118 valence electrons. The molecule has 1 aromatic rings. The molecule has 1 aliphatic rings. The molecule has 1 N–H and O–H groups in total. The minimum absolute atomic E-state index is 0.0724. The van der Waals surface area contributed by atoms with Crippen LogP contribution >= 0.6 is 0 Å². The second-order valence-electron chi connectivity index (χ2n) is 6.72. The van der Waals surface area contributed by atoms with Crippen LogP contribution in [0.5, 0.6) is 0 Å². The molecular weight excluding hydrogens is 263 g/mol. The van der Waals surface area contributed by atoms with Crippen LogP contribution in [0.3, 0.4) is 0 Å². The van der Waals surface area contributed by atoms with E-state index in [1.54, 1.807) is 6.07 Å². The Morgan fingerprint density at radius 1 is 1.33 bits per heavy atom. The van der Waals surface area contributed by atoms with E-state index >= 15 is 0 Å². The topological polar surface area (TPSA) is 15.3 Å². The molecule has 0 radical (unpaired) electrons. The highest BCUT2D eigenvalue weighted by Gasteiger charge is 2.24. The Balaban J connectivity index is 1.93. The Labute approximate surface area is 128 Å². The van der Waals surface area contributed by atoms with Gasteiger partial charge in [0, 0.05) is 25.2 Å². The van der Waals surface area contributed by atoms with E-state index in [1.165, 1.54) is 18.4 Å². The molecule has 0 aromatic heterocycles. The Kier molecular flexibility index (Phi) is 6.19. The first-order valence-electron chi connectivity index (χ1n) is 8.28. The van der Waals surface area contributed by atoms with Crippen LogP contribution in [0.2, 0.25) is 0 Å². The van der Waals surface area contributed by atoms with Crippen molar-refractivity contribution in [3.8, 4) is 0 Å². The van der Waals surface area contributed by atoms with E-state index in [2.05, 4.69) is 31.0 Å². The van der Waals surface area contributed by atoms with E-state index in [-0.39, 0.29) is 5.82 Å². The number of nitrogens with one attached hydrogen (secondary N) is 1. The molecule has 0 unspecified atom stereocenters. The summed E-state index contributed by atoms with van der Waals surface area (Å²) in [5, 5.41) is 3.42. The van der Waals surface area contributed by atoms with Crippen molar-refractivity contribution in [2.45, 2.75) is 46.7 Å². The van der Waals surface area contributed by atoms with Gasteiger partial charge in [-0.1, -0.05) is 32.9 Å². The monoisotopic (exact) mass is 292 g/mol. The minimum atomic E-state index is -0.0724. The molecule has 0 bridgehead atoms. The number of hydrogen-bond acceptors (Lipinski definition) is 2. The lowest BCUT2D eigenvalue weighted by atomic mass is 10.1. The zero-order chi connectivity index (χ0) is 15.2. The fourth-order valence-corrected chi connectivity index (χ4v) is 2.58. The molecular formula is C18H29FN2. The van der Waals surface area contributed by atoms with Gasteiger partial charge in [0.1, 0.15) is 5.82 Å². The van der Waals surface area contributed by atoms with Gasteiger partial charge >= 0.3 is 0 Å². The second kappa shape index (κ2) is 7.90. The molecule has 0 spiro atoms. The SMILES string of the molecule is CCN(Cc1cc(CNCC(C)C)ccc1F)CC1CC1. The molecule has 0 atom stereocenters. The summed E-state index contributed by atoms with van der Waals surface area (Å²) in [5.74, 6) is 1.42. The van der Waals surface area contributed by atoms with Crippen molar-refractivity contribution < 1.29 is 4.39 Å².